The molecular formula is C15H29F2NO2. The van der Waals surface area contributed by atoms with Crippen LogP contribution >= 0.6 is 0 Å². The van der Waals surface area contributed by atoms with Gasteiger partial charge in [-0.1, -0.05) is 27.7 Å². The Hall–Kier alpha value is -0.260. The van der Waals surface area contributed by atoms with Crippen LogP contribution in [0.5, 0.6) is 0 Å². The van der Waals surface area contributed by atoms with Crippen molar-refractivity contribution >= 4 is 0 Å². The Balaban J connectivity index is 0.000000956. The van der Waals surface area contributed by atoms with Gasteiger partial charge in [0.15, 0.2) is 5.79 Å². The van der Waals surface area contributed by atoms with Crippen molar-refractivity contribution in [1.29, 1.82) is 0 Å². The van der Waals surface area contributed by atoms with Crippen molar-refractivity contribution in [2.75, 3.05) is 13.1 Å². The number of hydrogen-bond acceptors (Lipinski definition) is 3. The number of alkyl halides is 2. The van der Waals surface area contributed by atoms with Crippen molar-refractivity contribution in [3.63, 3.8) is 0 Å². The molecule has 1 aliphatic carbocycles. The Morgan fingerprint density at radius 1 is 1.20 bits per heavy atom. The maximum absolute atomic E-state index is 13.0. The third-order valence-corrected chi connectivity index (χ3v) is 5.28. The first-order valence-corrected chi connectivity index (χ1v) is 7.49. The Kier molecular flexibility index (Phi) is 4.61. The molecule has 0 spiro atoms. The maximum atomic E-state index is 13.0. The van der Waals surface area contributed by atoms with Crippen molar-refractivity contribution in [3.8, 4) is 0 Å². The second kappa shape index (κ2) is 5.18. The predicted molar refractivity (Wildman–Crippen MR) is 75.6 cm³/mol. The molecule has 0 aromatic carbocycles. The fourth-order valence-electron chi connectivity index (χ4n) is 3.26. The van der Waals surface area contributed by atoms with E-state index in [0.717, 1.165) is 6.42 Å². The smallest absolute Gasteiger partial charge is 0.252 e. The molecule has 1 saturated carbocycles. The summed E-state index contributed by atoms with van der Waals surface area (Å²) in [5.41, 5.74) is -1.23. The lowest BCUT2D eigenvalue weighted by Crippen LogP contribution is -2.64. The number of hydrogen-bond donors (Lipinski definition) is 2. The lowest BCUT2D eigenvalue weighted by atomic mass is 9.69. The van der Waals surface area contributed by atoms with Gasteiger partial charge in [0.05, 0.1) is 5.54 Å². The summed E-state index contributed by atoms with van der Waals surface area (Å²) in [7, 11) is 0. The molecule has 0 amide bonds. The number of likely N-dealkylation sites (tertiary alicyclic amines) is 1. The van der Waals surface area contributed by atoms with Crippen molar-refractivity contribution < 1.29 is 19.0 Å². The molecule has 2 unspecified atom stereocenters. The van der Waals surface area contributed by atoms with Gasteiger partial charge in [0, 0.05) is 18.9 Å². The Morgan fingerprint density at radius 3 is 2.00 bits per heavy atom. The molecule has 120 valence electrons. The molecule has 0 aromatic rings. The normalized spacial score (nSPS) is 35.4. The van der Waals surface area contributed by atoms with E-state index in [-0.39, 0.29) is 18.4 Å². The summed E-state index contributed by atoms with van der Waals surface area (Å²) in [5, 5.41) is 20.1. The van der Waals surface area contributed by atoms with Gasteiger partial charge in [-0.05, 0) is 32.2 Å². The minimum atomic E-state index is -2.56. The van der Waals surface area contributed by atoms with Crippen LogP contribution in [0.1, 0.15) is 54.4 Å². The monoisotopic (exact) mass is 293 g/mol. The van der Waals surface area contributed by atoms with Crippen LogP contribution in [0.3, 0.4) is 0 Å². The van der Waals surface area contributed by atoms with E-state index in [2.05, 4.69) is 0 Å². The van der Waals surface area contributed by atoms with E-state index in [1.807, 2.05) is 32.6 Å². The second-order valence-corrected chi connectivity index (χ2v) is 6.84. The molecule has 0 bridgehead atoms. The molecule has 1 aliphatic heterocycles. The van der Waals surface area contributed by atoms with Crippen molar-refractivity contribution in [1.82, 2.24) is 4.90 Å². The Bertz CT molecular complexity index is 352. The van der Waals surface area contributed by atoms with Gasteiger partial charge in [-0.2, -0.15) is 0 Å². The molecule has 2 atom stereocenters. The zero-order valence-electron chi connectivity index (χ0n) is 13.5. The summed E-state index contributed by atoms with van der Waals surface area (Å²) >= 11 is 0. The fraction of sp³-hybridized carbons (Fsp3) is 1.00. The quantitative estimate of drug-likeness (QED) is 0.786. The van der Waals surface area contributed by atoms with Crippen LogP contribution < -0.4 is 0 Å². The summed E-state index contributed by atoms with van der Waals surface area (Å²) < 4.78 is 26.1. The van der Waals surface area contributed by atoms with Gasteiger partial charge < -0.3 is 10.2 Å². The maximum Gasteiger partial charge on any atom is 0.252 e. The van der Waals surface area contributed by atoms with E-state index in [9.17, 15) is 19.0 Å². The lowest BCUT2D eigenvalue weighted by molar-refractivity contribution is -0.248. The third kappa shape index (κ3) is 2.72. The van der Waals surface area contributed by atoms with E-state index >= 15 is 0 Å². The minimum Gasteiger partial charge on any atom is -0.364 e. The van der Waals surface area contributed by atoms with E-state index in [1.54, 1.807) is 6.92 Å². The van der Waals surface area contributed by atoms with Crippen LogP contribution in [0.2, 0.25) is 0 Å². The summed E-state index contributed by atoms with van der Waals surface area (Å²) in [5.74, 6) is -5.10. The predicted octanol–water partition coefficient (Wildman–Crippen LogP) is 2.86. The second-order valence-electron chi connectivity index (χ2n) is 6.84. The van der Waals surface area contributed by atoms with Crippen LogP contribution in [-0.4, -0.2) is 45.5 Å². The first-order valence-electron chi connectivity index (χ1n) is 7.49. The van der Waals surface area contributed by atoms with Gasteiger partial charge in [0.2, 0.25) is 0 Å². The molecule has 3 nitrogen and oxygen atoms in total. The molecule has 2 rings (SSSR count). The lowest BCUT2D eigenvalue weighted by Gasteiger charge is -2.50. The van der Waals surface area contributed by atoms with Gasteiger partial charge in [0.25, 0.3) is 5.92 Å². The van der Waals surface area contributed by atoms with E-state index < -0.39 is 23.2 Å². The summed E-state index contributed by atoms with van der Waals surface area (Å²) in [4.78, 5) is 1.83. The van der Waals surface area contributed by atoms with Crippen LogP contribution in [0, 0.1) is 11.3 Å². The molecule has 1 heterocycles. The first-order chi connectivity index (χ1) is 8.92. The van der Waals surface area contributed by atoms with Crippen LogP contribution in [0.4, 0.5) is 8.78 Å². The molecule has 5 heteroatoms. The van der Waals surface area contributed by atoms with Crippen LogP contribution in [0.15, 0.2) is 0 Å². The average molecular weight is 293 g/mol. The summed E-state index contributed by atoms with van der Waals surface area (Å²) in [6.45, 7) is 11.9. The summed E-state index contributed by atoms with van der Waals surface area (Å²) in [6, 6.07) is 0. The Labute approximate surface area is 121 Å². The van der Waals surface area contributed by atoms with Crippen LogP contribution in [0.25, 0.3) is 0 Å². The molecule has 0 radical (unpaired) electrons. The average Bonchev–Trinajstić information content (AvgIpc) is 2.83. The Morgan fingerprint density at radius 2 is 1.65 bits per heavy atom. The van der Waals surface area contributed by atoms with Gasteiger partial charge in [-0.3, -0.25) is 4.90 Å². The minimum absolute atomic E-state index is 0.0758. The van der Waals surface area contributed by atoms with Crippen molar-refractivity contribution in [3.05, 3.63) is 0 Å². The zero-order valence-corrected chi connectivity index (χ0v) is 13.5. The summed E-state index contributed by atoms with van der Waals surface area (Å²) in [6.07, 6.45) is 0.700. The van der Waals surface area contributed by atoms with Crippen LogP contribution in [-0.2, 0) is 0 Å². The molecule has 1 saturated heterocycles. The molecule has 2 fully saturated rings. The SMILES string of the molecule is CC.CC(O)(O)C1(C)N(CC2CC2(F)F)CCC1(C)C. The van der Waals surface area contributed by atoms with E-state index in [1.165, 1.54) is 6.92 Å². The highest BCUT2D eigenvalue weighted by atomic mass is 19.3. The third-order valence-electron chi connectivity index (χ3n) is 5.28. The van der Waals surface area contributed by atoms with Crippen molar-refractivity contribution in [2.24, 2.45) is 11.3 Å². The fourth-order valence-corrected chi connectivity index (χ4v) is 3.26. The highest BCUT2D eigenvalue weighted by Gasteiger charge is 2.64. The topological polar surface area (TPSA) is 43.7 Å². The number of aliphatic hydroxyl groups is 2. The molecule has 20 heavy (non-hydrogen) atoms. The highest BCUT2D eigenvalue weighted by Crippen LogP contribution is 2.54. The number of nitrogens with zero attached hydrogens (tertiary/aromatic N) is 1. The number of rotatable bonds is 3. The highest BCUT2D eigenvalue weighted by molar-refractivity contribution is 5.12. The van der Waals surface area contributed by atoms with Crippen molar-refractivity contribution in [2.45, 2.75) is 71.6 Å². The number of halogens is 2. The standard InChI is InChI=1S/C13H23F2NO2.C2H6/c1-10(2)5-6-16(8-9-7-13(9,14)15)11(10,3)12(4,17)18;1-2/h9,17-18H,5-8H2,1-4H3;1-2H3. The zero-order chi connectivity index (χ0) is 16.0. The first kappa shape index (κ1) is 17.8. The van der Waals surface area contributed by atoms with Gasteiger partial charge >= 0.3 is 0 Å². The van der Waals surface area contributed by atoms with Gasteiger partial charge in [-0.15, -0.1) is 0 Å². The van der Waals surface area contributed by atoms with Gasteiger partial charge in [-0.25, -0.2) is 8.78 Å². The molecular weight excluding hydrogens is 264 g/mol. The van der Waals surface area contributed by atoms with Gasteiger partial charge in [0.1, 0.15) is 0 Å². The molecule has 0 aromatic heterocycles. The van der Waals surface area contributed by atoms with E-state index in [4.69, 9.17) is 0 Å². The molecule has 2 N–H and O–H groups in total. The largest absolute Gasteiger partial charge is 0.364 e. The van der Waals surface area contributed by atoms with E-state index in [0.29, 0.717) is 6.54 Å². The molecule has 2 aliphatic rings.